The SMILES string of the molecule is C=C1c2cccc(OC)c2CC[C@@]1(F)CNC(=O)c1ccccc1. The van der Waals surface area contributed by atoms with Gasteiger partial charge in [-0.1, -0.05) is 36.9 Å². The molecule has 124 valence electrons. The van der Waals surface area contributed by atoms with E-state index in [0.29, 0.717) is 17.6 Å². The molecule has 0 unspecified atom stereocenters. The quantitative estimate of drug-likeness (QED) is 0.929. The second-order valence-electron chi connectivity index (χ2n) is 5.98. The smallest absolute Gasteiger partial charge is 0.251 e. The highest BCUT2D eigenvalue weighted by Gasteiger charge is 2.39. The van der Waals surface area contributed by atoms with Gasteiger partial charge in [0.05, 0.1) is 13.7 Å². The molecule has 1 aliphatic carbocycles. The van der Waals surface area contributed by atoms with Crippen LogP contribution in [0.4, 0.5) is 4.39 Å². The number of carbonyl (C=O) groups excluding carboxylic acids is 1. The van der Waals surface area contributed by atoms with Crippen LogP contribution in [-0.4, -0.2) is 25.2 Å². The Labute approximate surface area is 141 Å². The van der Waals surface area contributed by atoms with Crippen LogP contribution in [-0.2, 0) is 6.42 Å². The van der Waals surface area contributed by atoms with Gasteiger partial charge in [-0.3, -0.25) is 4.79 Å². The summed E-state index contributed by atoms with van der Waals surface area (Å²) in [5, 5.41) is 2.69. The Morgan fingerprint density at radius 1 is 1.25 bits per heavy atom. The average Bonchev–Trinajstić information content (AvgIpc) is 2.63. The molecule has 4 heteroatoms. The van der Waals surface area contributed by atoms with Crippen LogP contribution in [0.3, 0.4) is 0 Å². The third-order valence-electron chi connectivity index (χ3n) is 4.56. The maximum absolute atomic E-state index is 15.4. The Hall–Kier alpha value is -2.62. The molecule has 1 amide bonds. The minimum atomic E-state index is -1.65. The van der Waals surface area contributed by atoms with Gasteiger partial charge in [0.15, 0.2) is 5.67 Å². The number of hydrogen-bond donors (Lipinski definition) is 1. The highest BCUT2D eigenvalue weighted by molar-refractivity contribution is 5.94. The van der Waals surface area contributed by atoms with Crippen molar-refractivity contribution >= 4 is 11.5 Å². The van der Waals surface area contributed by atoms with E-state index in [1.54, 1.807) is 31.4 Å². The predicted octanol–water partition coefficient (Wildman–Crippen LogP) is 3.79. The molecule has 0 radical (unpaired) electrons. The first kappa shape index (κ1) is 16.2. The van der Waals surface area contributed by atoms with Gasteiger partial charge in [-0.05, 0) is 42.2 Å². The lowest BCUT2D eigenvalue weighted by Gasteiger charge is -2.34. The number of alkyl halides is 1. The maximum Gasteiger partial charge on any atom is 0.251 e. The van der Waals surface area contributed by atoms with Crippen molar-refractivity contribution in [2.75, 3.05) is 13.7 Å². The monoisotopic (exact) mass is 325 g/mol. The summed E-state index contributed by atoms with van der Waals surface area (Å²) >= 11 is 0. The van der Waals surface area contributed by atoms with Crippen LogP contribution in [0, 0.1) is 0 Å². The zero-order valence-electron chi connectivity index (χ0n) is 13.6. The highest BCUT2D eigenvalue weighted by Crippen LogP contribution is 2.42. The van der Waals surface area contributed by atoms with Crippen LogP contribution in [0.25, 0.3) is 5.57 Å². The Morgan fingerprint density at radius 3 is 2.71 bits per heavy atom. The molecular formula is C20H20FNO2. The maximum atomic E-state index is 15.4. The van der Waals surface area contributed by atoms with E-state index in [-0.39, 0.29) is 18.9 Å². The molecule has 0 fully saturated rings. The number of nitrogens with one attached hydrogen (secondary N) is 1. The van der Waals surface area contributed by atoms with Gasteiger partial charge in [-0.15, -0.1) is 0 Å². The van der Waals surface area contributed by atoms with Crippen LogP contribution in [0.15, 0.2) is 55.1 Å². The van der Waals surface area contributed by atoms with Crippen molar-refractivity contribution in [2.24, 2.45) is 0 Å². The summed E-state index contributed by atoms with van der Waals surface area (Å²) in [6, 6.07) is 14.4. The molecule has 0 saturated heterocycles. The topological polar surface area (TPSA) is 38.3 Å². The number of rotatable bonds is 4. The molecular weight excluding hydrogens is 305 g/mol. The molecule has 0 heterocycles. The largest absolute Gasteiger partial charge is 0.496 e. The van der Waals surface area contributed by atoms with Gasteiger partial charge in [-0.25, -0.2) is 4.39 Å². The number of hydrogen-bond acceptors (Lipinski definition) is 2. The summed E-state index contributed by atoms with van der Waals surface area (Å²) in [6.07, 6.45) is 0.824. The molecule has 0 bridgehead atoms. The summed E-state index contributed by atoms with van der Waals surface area (Å²) in [5.74, 6) is 0.473. The number of amides is 1. The van der Waals surface area contributed by atoms with Crippen molar-refractivity contribution in [2.45, 2.75) is 18.5 Å². The third kappa shape index (κ3) is 2.92. The fourth-order valence-corrected chi connectivity index (χ4v) is 3.12. The van der Waals surface area contributed by atoms with E-state index >= 15 is 4.39 Å². The molecule has 0 aliphatic heterocycles. The van der Waals surface area contributed by atoms with Crippen LogP contribution >= 0.6 is 0 Å². The van der Waals surface area contributed by atoms with Gasteiger partial charge < -0.3 is 10.1 Å². The number of methoxy groups -OCH3 is 1. The molecule has 3 nitrogen and oxygen atoms in total. The number of fused-ring (bicyclic) bond motifs is 1. The molecule has 0 saturated carbocycles. The molecule has 1 N–H and O–H groups in total. The van der Waals surface area contributed by atoms with Gasteiger partial charge in [-0.2, -0.15) is 0 Å². The zero-order chi connectivity index (χ0) is 17.2. The van der Waals surface area contributed by atoms with Crippen molar-refractivity contribution in [1.82, 2.24) is 5.32 Å². The minimum absolute atomic E-state index is 0.0871. The fraction of sp³-hybridized carbons (Fsp3) is 0.250. The molecule has 1 atom stereocenters. The van der Waals surface area contributed by atoms with E-state index in [0.717, 1.165) is 16.9 Å². The summed E-state index contributed by atoms with van der Waals surface area (Å²) < 4.78 is 20.8. The highest BCUT2D eigenvalue weighted by atomic mass is 19.1. The molecule has 2 aromatic carbocycles. The number of halogens is 1. The number of carbonyl (C=O) groups is 1. The second-order valence-corrected chi connectivity index (χ2v) is 5.98. The molecule has 0 aromatic heterocycles. The lowest BCUT2D eigenvalue weighted by molar-refractivity contribution is 0.0924. The summed E-state index contributed by atoms with van der Waals surface area (Å²) in [4.78, 5) is 12.2. The van der Waals surface area contributed by atoms with E-state index in [2.05, 4.69) is 11.9 Å². The number of ether oxygens (including phenoxy) is 1. The lowest BCUT2D eigenvalue weighted by atomic mass is 9.77. The van der Waals surface area contributed by atoms with E-state index in [9.17, 15) is 4.79 Å². The van der Waals surface area contributed by atoms with Gasteiger partial charge in [0.25, 0.3) is 5.91 Å². The van der Waals surface area contributed by atoms with Crippen molar-refractivity contribution in [3.8, 4) is 5.75 Å². The molecule has 2 aromatic rings. The molecule has 24 heavy (non-hydrogen) atoms. The van der Waals surface area contributed by atoms with E-state index in [1.807, 2.05) is 24.3 Å². The van der Waals surface area contributed by atoms with Gasteiger partial charge in [0.1, 0.15) is 5.75 Å². The zero-order valence-corrected chi connectivity index (χ0v) is 13.6. The van der Waals surface area contributed by atoms with Gasteiger partial charge in [0.2, 0.25) is 0 Å². The Kier molecular flexibility index (Phi) is 4.38. The summed E-state index contributed by atoms with van der Waals surface area (Å²) in [7, 11) is 1.61. The van der Waals surface area contributed by atoms with Crippen LogP contribution in [0.2, 0.25) is 0 Å². The minimum Gasteiger partial charge on any atom is -0.496 e. The fourth-order valence-electron chi connectivity index (χ4n) is 3.12. The summed E-state index contributed by atoms with van der Waals surface area (Å²) in [6.45, 7) is 3.87. The Bertz CT molecular complexity index is 772. The van der Waals surface area contributed by atoms with Crippen molar-refractivity contribution in [1.29, 1.82) is 0 Å². The lowest BCUT2D eigenvalue weighted by Crippen LogP contribution is -2.42. The number of benzene rings is 2. The average molecular weight is 325 g/mol. The predicted molar refractivity (Wildman–Crippen MR) is 93.0 cm³/mol. The Balaban J connectivity index is 1.77. The first-order chi connectivity index (χ1) is 11.5. The van der Waals surface area contributed by atoms with Crippen LogP contribution in [0.5, 0.6) is 5.75 Å². The van der Waals surface area contributed by atoms with Crippen molar-refractivity contribution in [3.05, 3.63) is 71.8 Å². The van der Waals surface area contributed by atoms with Gasteiger partial charge >= 0.3 is 0 Å². The Morgan fingerprint density at radius 2 is 2.00 bits per heavy atom. The van der Waals surface area contributed by atoms with Crippen LogP contribution < -0.4 is 10.1 Å². The molecule has 1 aliphatic rings. The second kappa shape index (κ2) is 6.48. The first-order valence-corrected chi connectivity index (χ1v) is 7.93. The van der Waals surface area contributed by atoms with E-state index in [1.165, 1.54) is 0 Å². The van der Waals surface area contributed by atoms with Crippen molar-refractivity contribution in [3.63, 3.8) is 0 Å². The van der Waals surface area contributed by atoms with Crippen LogP contribution in [0.1, 0.15) is 27.9 Å². The van der Waals surface area contributed by atoms with E-state index < -0.39 is 5.67 Å². The first-order valence-electron chi connectivity index (χ1n) is 7.93. The van der Waals surface area contributed by atoms with E-state index in [4.69, 9.17) is 4.74 Å². The summed E-state index contributed by atoms with van der Waals surface area (Å²) in [5.41, 5.74) is 1.02. The normalized spacial score (nSPS) is 19.5. The third-order valence-corrected chi connectivity index (χ3v) is 4.56. The van der Waals surface area contributed by atoms with Gasteiger partial charge in [0, 0.05) is 11.1 Å². The van der Waals surface area contributed by atoms with Crippen molar-refractivity contribution < 1.29 is 13.9 Å². The molecule has 0 spiro atoms. The standard InChI is InChI=1S/C20H20FNO2/c1-14-16-9-6-10-18(24-2)17(16)11-12-20(14,21)13-22-19(23)15-7-4-3-5-8-15/h3-10H,1,11-13H2,2H3,(H,22,23)/t20-/m1/s1. The molecule has 3 rings (SSSR count).